The number of hydrogen-bond donors (Lipinski definition) is 1. The van der Waals surface area contributed by atoms with Crippen LogP contribution >= 0.6 is 0 Å². The Morgan fingerprint density at radius 3 is 2.55 bits per heavy atom. The molecule has 0 saturated carbocycles. The smallest absolute Gasteiger partial charge is 0.234 e. The van der Waals surface area contributed by atoms with Gasteiger partial charge < -0.3 is 9.88 Å². The molecular weight excluding hydrogens is 278 g/mol. The number of piperazine rings is 1. The second-order valence-electron chi connectivity index (χ2n) is 6.20. The van der Waals surface area contributed by atoms with Crippen LogP contribution in [0.15, 0.2) is 12.4 Å². The third-order valence-corrected chi connectivity index (χ3v) is 4.13. The zero-order valence-corrected chi connectivity index (χ0v) is 14.1. The van der Waals surface area contributed by atoms with Crippen molar-refractivity contribution in [2.24, 2.45) is 0 Å². The summed E-state index contributed by atoms with van der Waals surface area (Å²) in [5.41, 5.74) is 0. The Bertz CT molecular complexity index is 463. The predicted octanol–water partition coefficient (Wildman–Crippen LogP) is 0.760. The van der Waals surface area contributed by atoms with Gasteiger partial charge in [0.1, 0.15) is 5.82 Å². The molecule has 1 aliphatic heterocycles. The van der Waals surface area contributed by atoms with Crippen LogP contribution in [0.1, 0.15) is 32.5 Å². The quantitative estimate of drug-likeness (QED) is 0.808. The van der Waals surface area contributed by atoms with Gasteiger partial charge in [0, 0.05) is 64.1 Å². The average Bonchev–Trinajstić information content (AvgIpc) is 2.95. The SMILES string of the molecule is CCNC(=O)CN1CCN(CCn2ccnc2C(C)C)CC1. The second kappa shape index (κ2) is 8.29. The van der Waals surface area contributed by atoms with Gasteiger partial charge in [-0.25, -0.2) is 4.98 Å². The molecule has 0 bridgehead atoms. The molecule has 0 unspecified atom stereocenters. The number of carbonyl (C=O) groups is 1. The number of nitrogens with zero attached hydrogens (tertiary/aromatic N) is 4. The number of amides is 1. The van der Waals surface area contributed by atoms with E-state index in [4.69, 9.17) is 0 Å². The number of rotatable bonds is 7. The van der Waals surface area contributed by atoms with Crippen LogP contribution in [-0.2, 0) is 11.3 Å². The highest BCUT2D eigenvalue weighted by molar-refractivity contribution is 5.77. The molecule has 1 saturated heterocycles. The Morgan fingerprint density at radius 2 is 1.91 bits per heavy atom. The minimum Gasteiger partial charge on any atom is -0.355 e. The van der Waals surface area contributed by atoms with E-state index in [9.17, 15) is 4.79 Å². The third-order valence-electron chi connectivity index (χ3n) is 4.13. The number of likely N-dealkylation sites (N-methyl/N-ethyl adjacent to an activating group) is 1. The van der Waals surface area contributed by atoms with E-state index < -0.39 is 0 Å². The van der Waals surface area contributed by atoms with E-state index in [0.29, 0.717) is 19.0 Å². The number of aromatic nitrogens is 2. The molecule has 1 N–H and O–H groups in total. The Morgan fingerprint density at radius 1 is 1.23 bits per heavy atom. The molecular formula is C16H29N5O. The van der Waals surface area contributed by atoms with Crippen LogP contribution in [0.4, 0.5) is 0 Å². The van der Waals surface area contributed by atoms with E-state index in [1.807, 2.05) is 13.1 Å². The zero-order chi connectivity index (χ0) is 15.9. The fourth-order valence-corrected chi connectivity index (χ4v) is 2.89. The monoisotopic (exact) mass is 307 g/mol. The molecule has 1 aliphatic rings. The van der Waals surface area contributed by atoms with Crippen molar-refractivity contribution in [3.8, 4) is 0 Å². The lowest BCUT2D eigenvalue weighted by Gasteiger charge is -2.34. The molecule has 0 atom stereocenters. The lowest BCUT2D eigenvalue weighted by molar-refractivity contribution is -0.122. The van der Waals surface area contributed by atoms with Crippen molar-refractivity contribution in [2.45, 2.75) is 33.2 Å². The van der Waals surface area contributed by atoms with Crippen molar-refractivity contribution >= 4 is 5.91 Å². The average molecular weight is 307 g/mol. The fourth-order valence-electron chi connectivity index (χ4n) is 2.89. The summed E-state index contributed by atoms with van der Waals surface area (Å²) in [6.07, 6.45) is 3.96. The molecule has 2 rings (SSSR count). The van der Waals surface area contributed by atoms with Crippen LogP contribution in [0.25, 0.3) is 0 Å². The topological polar surface area (TPSA) is 53.4 Å². The van der Waals surface area contributed by atoms with Crippen LogP contribution in [-0.4, -0.2) is 71.1 Å². The van der Waals surface area contributed by atoms with Crippen molar-refractivity contribution in [3.63, 3.8) is 0 Å². The summed E-state index contributed by atoms with van der Waals surface area (Å²) < 4.78 is 2.26. The highest BCUT2D eigenvalue weighted by atomic mass is 16.2. The summed E-state index contributed by atoms with van der Waals surface area (Å²) in [5, 5.41) is 2.86. The van der Waals surface area contributed by atoms with E-state index >= 15 is 0 Å². The highest BCUT2D eigenvalue weighted by Gasteiger charge is 2.18. The van der Waals surface area contributed by atoms with Crippen molar-refractivity contribution in [1.82, 2.24) is 24.7 Å². The molecule has 6 nitrogen and oxygen atoms in total. The summed E-state index contributed by atoms with van der Waals surface area (Å²) >= 11 is 0. The molecule has 22 heavy (non-hydrogen) atoms. The first-order valence-electron chi connectivity index (χ1n) is 8.32. The van der Waals surface area contributed by atoms with Gasteiger partial charge >= 0.3 is 0 Å². The van der Waals surface area contributed by atoms with Gasteiger partial charge in [0.25, 0.3) is 0 Å². The van der Waals surface area contributed by atoms with Gasteiger partial charge in [-0.05, 0) is 6.92 Å². The first-order chi connectivity index (χ1) is 10.6. The van der Waals surface area contributed by atoms with Crippen LogP contribution in [0.2, 0.25) is 0 Å². The van der Waals surface area contributed by atoms with E-state index in [1.165, 1.54) is 0 Å². The largest absolute Gasteiger partial charge is 0.355 e. The van der Waals surface area contributed by atoms with Gasteiger partial charge in [-0.1, -0.05) is 13.8 Å². The summed E-state index contributed by atoms with van der Waals surface area (Å²) in [7, 11) is 0. The molecule has 2 heterocycles. The Balaban J connectivity index is 1.71. The normalized spacial score (nSPS) is 17.1. The maximum absolute atomic E-state index is 11.6. The first-order valence-corrected chi connectivity index (χ1v) is 8.32. The van der Waals surface area contributed by atoms with E-state index in [0.717, 1.165) is 45.1 Å². The van der Waals surface area contributed by atoms with Crippen LogP contribution in [0.5, 0.6) is 0 Å². The van der Waals surface area contributed by atoms with Crippen LogP contribution in [0, 0.1) is 0 Å². The Hall–Kier alpha value is -1.40. The number of carbonyl (C=O) groups excluding carboxylic acids is 1. The maximum atomic E-state index is 11.6. The highest BCUT2D eigenvalue weighted by Crippen LogP contribution is 2.12. The molecule has 1 fully saturated rings. The van der Waals surface area contributed by atoms with Crippen LogP contribution < -0.4 is 5.32 Å². The van der Waals surface area contributed by atoms with Crippen LogP contribution in [0.3, 0.4) is 0 Å². The molecule has 1 aromatic rings. The summed E-state index contributed by atoms with van der Waals surface area (Å²) in [5.74, 6) is 1.76. The number of hydrogen-bond acceptors (Lipinski definition) is 4. The molecule has 6 heteroatoms. The van der Waals surface area contributed by atoms with E-state index in [1.54, 1.807) is 0 Å². The lowest BCUT2D eigenvalue weighted by Crippen LogP contribution is -2.50. The second-order valence-corrected chi connectivity index (χ2v) is 6.20. The molecule has 1 amide bonds. The molecule has 124 valence electrons. The molecule has 0 spiro atoms. The molecule has 1 aromatic heterocycles. The standard InChI is InChI=1S/C16H29N5O/c1-4-17-15(22)13-20-9-7-19(8-10-20)11-12-21-6-5-18-16(21)14(2)3/h5-6,14H,4,7-13H2,1-3H3,(H,17,22). The van der Waals surface area contributed by atoms with Gasteiger partial charge in [-0.15, -0.1) is 0 Å². The lowest BCUT2D eigenvalue weighted by atomic mass is 10.2. The molecule has 0 radical (unpaired) electrons. The minimum absolute atomic E-state index is 0.135. The fraction of sp³-hybridized carbons (Fsp3) is 0.750. The van der Waals surface area contributed by atoms with Crippen molar-refractivity contribution < 1.29 is 4.79 Å². The maximum Gasteiger partial charge on any atom is 0.234 e. The Kier molecular flexibility index (Phi) is 6.39. The Labute approximate surface area is 133 Å². The van der Waals surface area contributed by atoms with Crippen molar-refractivity contribution in [1.29, 1.82) is 0 Å². The summed E-state index contributed by atoms with van der Waals surface area (Å²) in [6, 6.07) is 0. The summed E-state index contributed by atoms with van der Waals surface area (Å²) in [6.45, 7) is 13.6. The molecule has 0 aliphatic carbocycles. The van der Waals surface area contributed by atoms with E-state index in [-0.39, 0.29) is 5.91 Å². The first kappa shape index (κ1) is 17.0. The van der Waals surface area contributed by atoms with Crippen molar-refractivity contribution in [2.75, 3.05) is 45.8 Å². The molecule has 0 aromatic carbocycles. The zero-order valence-electron chi connectivity index (χ0n) is 14.1. The van der Waals surface area contributed by atoms with Gasteiger partial charge in [0.2, 0.25) is 5.91 Å². The number of nitrogens with one attached hydrogen (secondary N) is 1. The number of imidazole rings is 1. The van der Waals surface area contributed by atoms with Crippen molar-refractivity contribution in [3.05, 3.63) is 18.2 Å². The third kappa shape index (κ3) is 4.81. The van der Waals surface area contributed by atoms with Gasteiger partial charge in [0.05, 0.1) is 6.54 Å². The van der Waals surface area contributed by atoms with Gasteiger partial charge in [-0.2, -0.15) is 0 Å². The minimum atomic E-state index is 0.135. The predicted molar refractivity (Wildman–Crippen MR) is 87.9 cm³/mol. The van der Waals surface area contributed by atoms with Gasteiger partial charge in [-0.3, -0.25) is 14.6 Å². The van der Waals surface area contributed by atoms with E-state index in [2.05, 4.69) is 44.7 Å². The van der Waals surface area contributed by atoms with Gasteiger partial charge in [0.15, 0.2) is 0 Å². The summed E-state index contributed by atoms with van der Waals surface area (Å²) in [4.78, 5) is 20.7.